The molecule has 2 heterocycles. The molecule has 0 saturated heterocycles. The first-order chi connectivity index (χ1) is 10.3. The van der Waals surface area contributed by atoms with Gasteiger partial charge < -0.3 is 10.6 Å². The van der Waals surface area contributed by atoms with E-state index >= 15 is 0 Å². The van der Waals surface area contributed by atoms with Gasteiger partial charge in [-0.15, -0.1) is 6.58 Å². The van der Waals surface area contributed by atoms with Gasteiger partial charge in [0.15, 0.2) is 0 Å². The van der Waals surface area contributed by atoms with Crippen molar-refractivity contribution in [3.8, 4) is 0 Å². The Morgan fingerprint density at radius 2 is 2.00 bits per heavy atom. The fourth-order valence-corrected chi connectivity index (χ4v) is 3.34. The number of hydrogen-bond acceptors (Lipinski definition) is 2. The van der Waals surface area contributed by atoms with Crippen molar-refractivity contribution < 1.29 is 0 Å². The van der Waals surface area contributed by atoms with Gasteiger partial charge in [-0.25, -0.2) is 0 Å². The van der Waals surface area contributed by atoms with E-state index in [2.05, 4.69) is 60.0 Å². The van der Waals surface area contributed by atoms with Crippen LogP contribution in [0.5, 0.6) is 0 Å². The van der Waals surface area contributed by atoms with Crippen LogP contribution in [-0.4, -0.2) is 6.54 Å². The standard InChI is InChI=1S/C19H18N2/c1-2-17(20)15-8-9-18-16(12-15)7-6-13-4-3-5-14-10-11-21(18)19(13)14/h2-9,12,17H,1,10-11,20H2. The molecule has 0 amide bonds. The fourth-order valence-electron chi connectivity index (χ4n) is 3.34. The van der Waals surface area contributed by atoms with Gasteiger partial charge in [0.1, 0.15) is 0 Å². The molecule has 2 aromatic rings. The molecule has 2 N–H and O–H groups in total. The number of para-hydroxylation sites is 1. The Labute approximate surface area is 125 Å². The normalized spacial score (nSPS) is 16.1. The molecule has 0 fully saturated rings. The van der Waals surface area contributed by atoms with E-state index in [1.807, 2.05) is 0 Å². The Hall–Kier alpha value is -2.32. The van der Waals surface area contributed by atoms with Crippen LogP contribution in [0.3, 0.4) is 0 Å². The van der Waals surface area contributed by atoms with Gasteiger partial charge in [-0.1, -0.05) is 42.5 Å². The molecule has 1 unspecified atom stereocenters. The second-order valence-corrected chi connectivity index (χ2v) is 5.67. The van der Waals surface area contributed by atoms with E-state index in [1.54, 1.807) is 6.08 Å². The number of nitrogens with zero attached hydrogens (tertiary/aromatic N) is 1. The zero-order valence-electron chi connectivity index (χ0n) is 11.9. The maximum Gasteiger partial charge on any atom is 0.0517 e. The minimum absolute atomic E-state index is 0.108. The average Bonchev–Trinajstić information content (AvgIpc) is 2.88. The van der Waals surface area contributed by atoms with Crippen LogP contribution in [-0.2, 0) is 6.42 Å². The summed E-state index contributed by atoms with van der Waals surface area (Å²) >= 11 is 0. The number of nitrogens with two attached hydrogens (primary N) is 1. The van der Waals surface area contributed by atoms with E-state index in [1.165, 1.54) is 28.1 Å². The lowest BCUT2D eigenvalue weighted by Crippen LogP contribution is -2.15. The van der Waals surface area contributed by atoms with E-state index < -0.39 is 0 Å². The predicted octanol–water partition coefficient (Wildman–Crippen LogP) is 4.05. The maximum atomic E-state index is 6.07. The molecule has 2 nitrogen and oxygen atoms in total. The third kappa shape index (κ3) is 1.83. The van der Waals surface area contributed by atoms with Crippen LogP contribution in [0.4, 0.5) is 11.4 Å². The molecule has 0 spiro atoms. The average molecular weight is 274 g/mol. The zero-order valence-corrected chi connectivity index (χ0v) is 11.9. The smallest absolute Gasteiger partial charge is 0.0517 e. The second-order valence-electron chi connectivity index (χ2n) is 5.67. The van der Waals surface area contributed by atoms with Crippen LogP contribution >= 0.6 is 0 Å². The van der Waals surface area contributed by atoms with E-state index in [0.29, 0.717) is 0 Å². The molecule has 2 aliphatic heterocycles. The van der Waals surface area contributed by atoms with Gasteiger partial charge in [0.2, 0.25) is 0 Å². The lowest BCUT2D eigenvalue weighted by Gasteiger charge is -2.22. The Bertz CT molecular complexity index is 758. The molecule has 1 atom stereocenters. The van der Waals surface area contributed by atoms with Gasteiger partial charge in [-0.3, -0.25) is 0 Å². The number of fused-ring (bicyclic) bond motifs is 2. The first-order valence-electron chi connectivity index (χ1n) is 7.37. The third-order valence-electron chi connectivity index (χ3n) is 4.45. The second kappa shape index (κ2) is 4.61. The molecule has 2 aromatic carbocycles. The summed E-state index contributed by atoms with van der Waals surface area (Å²) in [7, 11) is 0. The van der Waals surface area contributed by atoms with E-state index in [9.17, 15) is 0 Å². The predicted molar refractivity (Wildman–Crippen MR) is 89.6 cm³/mol. The lowest BCUT2D eigenvalue weighted by molar-refractivity contribution is 0.912. The number of anilines is 2. The molecular weight excluding hydrogens is 256 g/mol. The monoisotopic (exact) mass is 274 g/mol. The summed E-state index contributed by atoms with van der Waals surface area (Å²) in [5.41, 5.74) is 13.8. The van der Waals surface area contributed by atoms with Crippen molar-refractivity contribution in [3.05, 3.63) is 71.3 Å². The third-order valence-corrected chi connectivity index (χ3v) is 4.45. The largest absolute Gasteiger partial charge is 0.340 e. The van der Waals surface area contributed by atoms with Crippen LogP contribution in [0.2, 0.25) is 0 Å². The van der Waals surface area contributed by atoms with E-state index in [4.69, 9.17) is 5.73 Å². The Morgan fingerprint density at radius 3 is 2.86 bits per heavy atom. The van der Waals surface area contributed by atoms with E-state index in [0.717, 1.165) is 18.5 Å². The van der Waals surface area contributed by atoms with Crippen LogP contribution in [0, 0.1) is 0 Å². The summed E-state index contributed by atoms with van der Waals surface area (Å²) in [5, 5.41) is 0. The Morgan fingerprint density at radius 1 is 1.14 bits per heavy atom. The number of hydrogen-bond donors (Lipinski definition) is 1. The number of benzene rings is 2. The molecule has 0 bridgehead atoms. The van der Waals surface area contributed by atoms with Crippen LogP contribution in [0.25, 0.3) is 12.2 Å². The molecule has 4 rings (SSSR count). The molecule has 0 aliphatic carbocycles. The molecule has 21 heavy (non-hydrogen) atoms. The molecule has 0 aromatic heterocycles. The van der Waals surface area contributed by atoms with Crippen molar-refractivity contribution in [2.24, 2.45) is 5.73 Å². The van der Waals surface area contributed by atoms with Crippen LogP contribution in [0.1, 0.15) is 28.3 Å². The van der Waals surface area contributed by atoms with Gasteiger partial charge in [-0.05, 0) is 40.8 Å². The minimum atomic E-state index is -0.108. The highest BCUT2D eigenvalue weighted by atomic mass is 15.2. The van der Waals surface area contributed by atoms with Crippen molar-refractivity contribution in [2.45, 2.75) is 12.5 Å². The minimum Gasteiger partial charge on any atom is -0.340 e. The quantitative estimate of drug-likeness (QED) is 0.837. The zero-order chi connectivity index (χ0) is 14.4. The van der Waals surface area contributed by atoms with Crippen LogP contribution in [0.15, 0.2) is 49.1 Å². The van der Waals surface area contributed by atoms with Crippen molar-refractivity contribution >= 4 is 23.5 Å². The topological polar surface area (TPSA) is 29.3 Å². The SMILES string of the molecule is C=CC(N)c1ccc2c(c1)C=Cc1cccc3c1N2CC3. The van der Waals surface area contributed by atoms with Crippen molar-refractivity contribution in [2.75, 3.05) is 11.4 Å². The highest BCUT2D eigenvalue weighted by molar-refractivity contribution is 5.91. The summed E-state index contributed by atoms with van der Waals surface area (Å²) in [5.74, 6) is 0. The van der Waals surface area contributed by atoms with Gasteiger partial charge in [0.25, 0.3) is 0 Å². The molecule has 2 heteroatoms. The number of rotatable bonds is 2. The highest BCUT2D eigenvalue weighted by Gasteiger charge is 2.25. The Balaban J connectivity index is 1.90. The van der Waals surface area contributed by atoms with Crippen LogP contribution < -0.4 is 10.6 Å². The molecule has 0 radical (unpaired) electrons. The van der Waals surface area contributed by atoms with Crippen molar-refractivity contribution in [1.82, 2.24) is 0 Å². The summed E-state index contributed by atoms with van der Waals surface area (Å²) in [6.07, 6.45) is 7.31. The summed E-state index contributed by atoms with van der Waals surface area (Å²) in [6.45, 7) is 4.84. The lowest BCUT2D eigenvalue weighted by atomic mass is 10.0. The molecule has 104 valence electrons. The molecular formula is C19H18N2. The van der Waals surface area contributed by atoms with Crippen molar-refractivity contribution in [3.63, 3.8) is 0 Å². The summed E-state index contributed by atoms with van der Waals surface area (Å²) < 4.78 is 0. The Kier molecular flexibility index (Phi) is 2.72. The van der Waals surface area contributed by atoms with Crippen molar-refractivity contribution in [1.29, 1.82) is 0 Å². The summed E-state index contributed by atoms with van der Waals surface area (Å²) in [4.78, 5) is 2.43. The van der Waals surface area contributed by atoms with E-state index in [-0.39, 0.29) is 6.04 Å². The first kappa shape index (κ1) is 12.4. The molecule has 2 aliphatic rings. The van der Waals surface area contributed by atoms with Gasteiger partial charge in [-0.2, -0.15) is 0 Å². The fraction of sp³-hybridized carbons (Fsp3) is 0.158. The maximum absolute atomic E-state index is 6.07. The van der Waals surface area contributed by atoms with Gasteiger partial charge in [0, 0.05) is 18.3 Å². The summed E-state index contributed by atoms with van der Waals surface area (Å²) in [6, 6.07) is 13.0. The molecule has 0 saturated carbocycles. The highest BCUT2D eigenvalue weighted by Crippen LogP contribution is 2.42. The van der Waals surface area contributed by atoms with Gasteiger partial charge >= 0.3 is 0 Å². The van der Waals surface area contributed by atoms with Gasteiger partial charge in [0.05, 0.1) is 5.69 Å². The first-order valence-corrected chi connectivity index (χ1v) is 7.37.